The molecule has 0 aliphatic heterocycles. The van der Waals surface area contributed by atoms with Gasteiger partial charge in [0.15, 0.2) is 0 Å². The fraction of sp³-hybridized carbons (Fsp3) is 0.467. The molecule has 0 aromatic heterocycles. The van der Waals surface area contributed by atoms with Crippen LogP contribution < -0.4 is 9.47 Å². The van der Waals surface area contributed by atoms with Crippen molar-refractivity contribution < 1.29 is 24.2 Å². The zero-order valence-electron chi connectivity index (χ0n) is 12.2. The van der Waals surface area contributed by atoms with Gasteiger partial charge < -0.3 is 19.5 Å². The lowest BCUT2D eigenvalue weighted by Crippen LogP contribution is -2.37. The largest absolute Gasteiger partial charge is 0.497 e. The highest BCUT2D eigenvalue weighted by Crippen LogP contribution is 2.31. The van der Waals surface area contributed by atoms with E-state index in [9.17, 15) is 9.59 Å². The Morgan fingerprint density at radius 2 is 2.00 bits per heavy atom. The third-order valence-corrected chi connectivity index (χ3v) is 3.43. The van der Waals surface area contributed by atoms with Crippen LogP contribution in [0.5, 0.6) is 11.5 Å². The van der Waals surface area contributed by atoms with Crippen LogP contribution in [-0.4, -0.2) is 49.2 Å². The number of nitrogens with zero attached hydrogens (tertiary/aromatic N) is 1. The van der Waals surface area contributed by atoms with Crippen LogP contribution in [0.3, 0.4) is 0 Å². The van der Waals surface area contributed by atoms with Crippen LogP contribution in [0, 0.1) is 5.92 Å². The third-order valence-electron chi connectivity index (χ3n) is 3.43. The van der Waals surface area contributed by atoms with Crippen LogP contribution in [0.4, 0.5) is 0 Å². The highest BCUT2D eigenvalue weighted by molar-refractivity contribution is 5.98. The van der Waals surface area contributed by atoms with Gasteiger partial charge in [0.25, 0.3) is 5.91 Å². The molecule has 1 aromatic carbocycles. The molecule has 6 nitrogen and oxygen atoms in total. The minimum atomic E-state index is -1.02. The maximum absolute atomic E-state index is 12.6. The summed E-state index contributed by atoms with van der Waals surface area (Å²) in [4.78, 5) is 25.0. The standard InChI is InChI=1S/C15H19NO5/c1-20-11-5-6-13(21-2)12(7-11)15(19)16(9-14(17)18)8-10-3-4-10/h5-7,10H,3-4,8-9H2,1-2H3,(H,17,18). The van der Waals surface area contributed by atoms with Gasteiger partial charge in [0, 0.05) is 6.54 Å². The predicted octanol–water partition coefficient (Wildman–Crippen LogP) is 1.64. The van der Waals surface area contributed by atoms with Gasteiger partial charge in [-0.05, 0) is 37.0 Å². The van der Waals surface area contributed by atoms with Crippen molar-refractivity contribution in [3.8, 4) is 11.5 Å². The van der Waals surface area contributed by atoms with Crippen molar-refractivity contribution >= 4 is 11.9 Å². The van der Waals surface area contributed by atoms with Crippen molar-refractivity contribution in [1.82, 2.24) is 4.90 Å². The van der Waals surface area contributed by atoms with E-state index in [0.717, 1.165) is 12.8 Å². The van der Waals surface area contributed by atoms with Gasteiger partial charge >= 0.3 is 5.97 Å². The fourth-order valence-electron chi connectivity index (χ4n) is 2.15. The Bertz CT molecular complexity index is 539. The van der Waals surface area contributed by atoms with Crippen molar-refractivity contribution in [3.63, 3.8) is 0 Å². The van der Waals surface area contributed by atoms with Gasteiger partial charge in [-0.25, -0.2) is 0 Å². The molecule has 1 aromatic rings. The third kappa shape index (κ3) is 3.87. The number of ether oxygens (including phenoxy) is 2. The minimum Gasteiger partial charge on any atom is -0.497 e. The number of methoxy groups -OCH3 is 2. The van der Waals surface area contributed by atoms with E-state index in [1.807, 2.05) is 0 Å². The van der Waals surface area contributed by atoms with Crippen LogP contribution in [0.2, 0.25) is 0 Å². The first-order chi connectivity index (χ1) is 10.0. The number of hydrogen-bond acceptors (Lipinski definition) is 4. The molecule has 2 rings (SSSR count). The van der Waals surface area contributed by atoms with Crippen molar-refractivity contribution in [2.45, 2.75) is 12.8 Å². The highest BCUT2D eigenvalue weighted by atomic mass is 16.5. The number of carboxylic acids is 1. The average molecular weight is 293 g/mol. The van der Waals surface area contributed by atoms with Crippen LogP contribution in [0.15, 0.2) is 18.2 Å². The highest BCUT2D eigenvalue weighted by Gasteiger charge is 2.29. The number of carboxylic acid groups (broad SMARTS) is 1. The Morgan fingerprint density at radius 1 is 1.29 bits per heavy atom. The summed E-state index contributed by atoms with van der Waals surface area (Å²) in [5, 5.41) is 8.99. The zero-order chi connectivity index (χ0) is 15.4. The first-order valence-electron chi connectivity index (χ1n) is 6.78. The summed E-state index contributed by atoms with van der Waals surface area (Å²) >= 11 is 0. The molecule has 0 heterocycles. The zero-order valence-corrected chi connectivity index (χ0v) is 12.2. The molecule has 1 fully saturated rings. The lowest BCUT2D eigenvalue weighted by atomic mass is 10.1. The van der Waals surface area contributed by atoms with Gasteiger partial charge in [0.1, 0.15) is 18.0 Å². The van der Waals surface area contributed by atoms with Gasteiger partial charge in [-0.15, -0.1) is 0 Å². The lowest BCUT2D eigenvalue weighted by Gasteiger charge is -2.22. The normalized spacial score (nSPS) is 13.6. The molecule has 1 amide bonds. The summed E-state index contributed by atoms with van der Waals surface area (Å²) < 4.78 is 10.3. The monoisotopic (exact) mass is 293 g/mol. The molecule has 0 saturated heterocycles. The minimum absolute atomic E-state index is 0.310. The van der Waals surface area contributed by atoms with Gasteiger partial charge in [-0.2, -0.15) is 0 Å². The molecule has 1 N–H and O–H groups in total. The molecule has 0 unspecified atom stereocenters. The van der Waals surface area contributed by atoms with E-state index in [-0.39, 0.29) is 12.5 Å². The molecule has 0 atom stereocenters. The number of hydrogen-bond donors (Lipinski definition) is 1. The van der Waals surface area contributed by atoms with Crippen molar-refractivity contribution in [1.29, 1.82) is 0 Å². The van der Waals surface area contributed by atoms with Crippen molar-refractivity contribution in [2.75, 3.05) is 27.3 Å². The number of rotatable bonds is 7. The molecular formula is C15H19NO5. The second-order valence-corrected chi connectivity index (χ2v) is 5.09. The second kappa shape index (κ2) is 6.47. The molecule has 0 spiro atoms. The first kappa shape index (κ1) is 15.2. The quantitative estimate of drug-likeness (QED) is 0.827. The van der Waals surface area contributed by atoms with Gasteiger partial charge in [-0.1, -0.05) is 0 Å². The van der Waals surface area contributed by atoms with E-state index in [2.05, 4.69) is 0 Å². The number of amides is 1. The molecule has 0 bridgehead atoms. The second-order valence-electron chi connectivity index (χ2n) is 5.09. The van der Waals surface area contributed by atoms with E-state index < -0.39 is 5.97 Å². The van der Waals surface area contributed by atoms with Crippen molar-refractivity contribution in [3.05, 3.63) is 23.8 Å². The first-order valence-corrected chi connectivity index (χ1v) is 6.78. The smallest absolute Gasteiger partial charge is 0.323 e. The number of carbonyl (C=O) groups is 2. The molecule has 1 saturated carbocycles. The maximum Gasteiger partial charge on any atom is 0.323 e. The van der Waals surface area contributed by atoms with Gasteiger partial charge in [-0.3, -0.25) is 9.59 Å². The SMILES string of the molecule is COc1ccc(OC)c(C(=O)N(CC(=O)O)CC2CC2)c1. The Labute approximate surface area is 123 Å². The maximum atomic E-state index is 12.6. The van der Waals surface area contributed by atoms with Gasteiger partial charge in [0.05, 0.1) is 19.8 Å². The summed E-state index contributed by atoms with van der Waals surface area (Å²) in [6.07, 6.45) is 2.08. The Hall–Kier alpha value is -2.24. The summed E-state index contributed by atoms with van der Waals surface area (Å²) in [5.74, 6) is -0.0244. The molecule has 6 heteroatoms. The number of benzene rings is 1. The van der Waals surface area contributed by atoms with E-state index in [4.69, 9.17) is 14.6 Å². The predicted molar refractivity (Wildman–Crippen MR) is 75.8 cm³/mol. The summed E-state index contributed by atoms with van der Waals surface area (Å²) in [6, 6.07) is 4.91. The van der Waals surface area contributed by atoms with E-state index in [0.29, 0.717) is 29.5 Å². The summed E-state index contributed by atoms with van der Waals surface area (Å²) in [7, 11) is 2.98. The number of aliphatic carboxylic acids is 1. The molecular weight excluding hydrogens is 274 g/mol. The Morgan fingerprint density at radius 3 is 2.52 bits per heavy atom. The van der Waals surface area contributed by atoms with Crippen LogP contribution in [0.1, 0.15) is 23.2 Å². The average Bonchev–Trinajstić information content (AvgIpc) is 3.28. The van der Waals surface area contributed by atoms with Crippen LogP contribution >= 0.6 is 0 Å². The molecule has 1 aliphatic carbocycles. The molecule has 0 radical (unpaired) electrons. The van der Waals surface area contributed by atoms with Crippen LogP contribution in [-0.2, 0) is 4.79 Å². The lowest BCUT2D eigenvalue weighted by molar-refractivity contribution is -0.137. The molecule has 21 heavy (non-hydrogen) atoms. The van der Waals surface area contributed by atoms with Crippen molar-refractivity contribution in [2.24, 2.45) is 5.92 Å². The van der Waals surface area contributed by atoms with Gasteiger partial charge in [0.2, 0.25) is 0 Å². The van der Waals surface area contributed by atoms with E-state index in [1.165, 1.54) is 19.1 Å². The van der Waals surface area contributed by atoms with Crippen LogP contribution in [0.25, 0.3) is 0 Å². The summed E-state index contributed by atoms with van der Waals surface area (Å²) in [6.45, 7) is 0.154. The summed E-state index contributed by atoms with van der Waals surface area (Å²) in [5.41, 5.74) is 0.318. The number of carbonyl (C=O) groups excluding carboxylic acids is 1. The Balaban J connectivity index is 2.27. The topological polar surface area (TPSA) is 76.1 Å². The molecule has 1 aliphatic rings. The Kier molecular flexibility index (Phi) is 4.67. The molecule has 114 valence electrons. The fourth-order valence-corrected chi connectivity index (χ4v) is 2.15. The van der Waals surface area contributed by atoms with E-state index in [1.54, 1.807) is 18.2 Å². The van der Waals surface area contributed by atoms with E-state index >= 15 is 0 Å².